The largest absolute Gasteiger partial charge is 0.265 e. The maximum absolute atomic E-state index is 4.34. The van der Waals surface area contributed by atoms with Gasteiger partial charge < -0.3 is 0 Å². The SMILES string of the molecule is c1ccc([SiH2]c2ccc3c(-c4cc5ccccc5c5ccccc45)c4ccccc4c(-c4ccncc4)c3c2)cc1. The Kier molecular flexibility index (Phi) is 5.72. The first-order valence-corrected chi connectivity index (χ1v) is 15.6. The standard InChI is InChI=1S/C39H27NSi/c1-2-11-28(12-3-1)41-29-18-19-35-37(25-29)38(26-20-22-40-23-21-26)33-16-8-9-17-34(33)39(35)36-24-27-10-4-5-13-30(27)31-14-6-7-15-32(31)36/h1-25H,41H2. The average Bonchev–Trinajstić information content (AvgIpc) is 3.04. The Balaban J connectivity index is 1.52. The van der Waals surface area contributed by atoms with Crippen LogP contribution in [-0.2, 0) is 0 Å². The van der Waals surface area contributed by atoms with Gasteiger partial charge in [0.25, 0.3) is 0 Å². The molecule has 1 nitrogen and oxygen atoms in total. The van der Waals surface area contributed by atoms with Gasteiger partial charge in [-0.3, -0.25) is 4.98 Å². The van der Waals surface area contributed by atoms with E-state index in [0.717, 1.165) is 0 Å². The summed E-state index contributed by atoms with van der Waals surface area (Å²) in [6, 6.07) is 51.4. The lowest BCUT2D eigenvalue weighted by atomic mass is 9.84. The van der Waals surface area contributed by atoms with E-state index in [1.165, 1.54) is 75.7 Å². The molecule has 0 aliphatic carbocycles. The summed E-state index contributed by atoms with van der Waals surface area (Å²) in [7, 11) is -0.619. The van der Waals surface area contributed by atoms with Gasteiger partial charge >= 0.3 is 0 Å². The molecule has 2 heteroatoms. The van der Waals surface area contributed by atoms with Crippen LogP contribution in [0.2, 0.25) is 0 Å². The zero-order valence-corrected chi connectivity index (χ0v) is 24.0. The monoisotopic (exact) mass is 537 g/mol. The summed E-state index contributed by atoms with van der Waals surface area (Å²) in [6.45, 7) is 0. The van der Waals surface area contributed by atoms with Crippen LogP contribution in [0.1, 0.15) is 0 Å². The predicted molar refractivity (Wildman–Crippen MR) is 179 cm³/mol. The molecule has 0 amide bonds. The molecule has 0 aliphatic heterocycles. The maximum atomic E-state index is 4.34. The zero-order chi connectivity index (χ0) is 27.2. The topological polar surface area (TPSA) is 12.9 Å². The Labute approximate surface area is 241 Å². The molecule has 1 aromatic heterocycles. The first kappa shape index (κ1) is 23.8. The van der Waals surface area contributed by atoms with E-state index >= 15 is 0 Å². The minimum atomic E-state index is -0.619. The normalized spacial score (nSPS) is 11.8. The second kappa shape index (κ2) is 9.85. The molecule has 8 aromatic rings. The highest BCUT2D eigenvalue weighted by atomic mass is 28.2. The fourth-order valence-electron chi connectivity index (χ4n) is 6.55. The summed E-state index contributed by atoms with van der Waals surface area (Å²) in [6.07, 6.45) is 3.81. The lowest BCUT2D eigenvalue weighted by Gasteiger charge is -2.20. The second-order valence-electron chi connectivity index (χ2n) is 10.8. The van der Waals surface area contributed by atoms with Crippen LogP contribution < -0.4 is 10.4 Å². The van der Waals surface area contributed by atoms with Crippen molar-refractivity contribution in [2.24, 2.45) is 0 Å². The molecule has 0 fully saturated rings. The van der Waals surface area contributed by atoms with Gasteiger partial charge in [0.15, 0.2) is 0 Å². The lowest BCUT2D eigenvalue weighted by molar-refractivity contribution is 1.33. The molecule has 0 bridgehead atoms. The van der Waals surface area contributed by atoms with E-state index in [1.807, 2.05) is 12.4 Å². The highest BCUT2D eigenvalue weighted by Gasteiger charge is 2.19. The summed E-state index contributed by atoms with van der Waals surface area (Å²) in [5.74, 6) is 0. The molecule has 0 saturated carbocycles. The van der Waals surface area contributed by atoms with Crippen LogP contribution in [0, 0.1) is 0 Å². The lowest BCUT2D eigenvalue weighted by Crippen LogP contribution is -2.26. The molecule has 0 atom stereocenters. The highest BCUT2D eigenvalue weighted by Crippen LogP contribution is 2.46. The van der Waals surface area contributed by atoms with Crippen molar-refractivity contribution in [3.05, 3.63) is 152 Å². The quantitative estimate of drug-likeness (QED) is 0.125. The van der Waals surface area contributed by atoms with Gasteiger partial charge in [-0.15, -0.1) is 0 Å². The molecule has 0 aliphatic rings. The fraction of sp³-hybridized carbons (Fsp3) is 0. The predicted octanol–water partition coefficient (Wildman–Crippen LogP) is 8.15. The van der Waals surface area contributed by atoms with Gasteiger partial charge in [-0.2, -0.15) is 0 Å². The molecule has 7 aromatic carbocycles. The van der Waals surface area contributed by atoms with Gasteiger partial charge in [0.1, 0.15) is 0 Å². The van der Waals surface area contributed by atoms with Gasteiger partial charge in [0.05, 0.1) is 9.52 Å². The summed E-state index contributed by atoms with van der Waals surface area (Å²) in [5.41, 5.74) is 5.09. The summed E-state index contributed by atoms with van der Waals surface area (Å²) >= 11 is 0. The maximum Gasteiger partial charge on any atom is 0.0875 e. The van der Waals surface area contributed by atoms with Crippen LogP contribution in [0.15, 0.2) is 152 Å². The van der Waals surface area contributed by atoms with Crippen molar-refractivity contribution in [3.63, 3.8) is 0 Å². The van der Waals surface area contributed by atoms with Gasteiger partial charge in [-0.25, -0.2) is 0 Å². The van der Waals surface area contributed by atoms with Crippen molar-refractivity contribution in [2.45, 2.75) is 0 Å². The van der Waals surface area contributed by atoms with Crippen molar-refractivity contribution in [2.75, 3.05) is 0 Å². The van der Waals surface area contributed by atoms with Crippen LogP contribution in [0.25, 0.3) is 65.3 Å². The molecule has 0 saturated heterocycles. The Hall–Kier alpha value is -5.05. The molecule has 192 valence electrons. The number of fused-ring (bicyclic) bond motifs is 5. The fourth-order valence-corrected chi connectivity index (χ4v) is 8.07. The molecular formula is C39H27NSi. The summed E-state index contributed by atoms with van der Waals surface area (Å²) in [4.78, 5) is 4.34. The van der Waals surface area contributed by atoms with Crippen molar-refractivity contribution in [3.8, 4) is 22.3 Å². The van der Waals surface area contributed by atoms with Gasteiger partial charge in [-0.05, 0) is 83.5 Å². The van der Waals surface area contributed by atoms with E-state index in [9.17, 15) is 0 Å². The van der Waals surface area contributed by atoms with Crippen molar-refractivity contribution >= 4 is 63.0 Å². The third-order valence-electron chi connectivity index (χ3n) is 8.35. The number of hydrogen-bond donors (Lipinski definition) is 0. The number of benzene rings is 7. The number of hydrogen-bond acceptors (Lipinski definition) is 1. The van der Waals surface area contributed by atoms with Crippen LogP contribution in [-0.4, -0.2) is 14.5 Å². The third-order valence-corrected chi connectivity index (χ3v) is 10.1. The van der Waals surface area contributed by atoms with Crippen molar-refractivity contribution in [1.82, 2.24) is 4.98 Å². The van der Waals surface area contributed by atoms with E-state index in [1.54, 1.807) is 0 Å². The minimum absolute atomic E-state index is 0.619. The number of pyridine rings is 1. The highest BCUT2D eigenvalue weighted by molar-refractivity contribution is 6.67. The number of aromatic nitrogens is 1. The zero-order valence-electron chi connectivity index (χ0n) is 22.6. The smallest absolute Gasteiger partial charge is 0.0875 e. The number of rotatable bonds is 4. The van der Waals surface area contributed by atoms with Crippen LogP contribution in [0.3, 0.4) is 0 Å². The molecule has 8 rings (SSSR count). The van der Waals surface area contributed by atoms with Crippen LogP contribution in [0.4, 0.5) is 0 Å². The molecular weight excluding hydrogens is 511 g/mol. The van der Waals surface area contributed by atoms with E-state index in [-0.39, 0.29) is 0 Å². The van der Waals surface area contributed by atoms with Gasteiger partial charge in [0.2, 0.25) is 0 Å². The molecule has 0 spiro atoms. The van der Waals surface area contributed by atoms with Crippen molar-refractivity contribution < 1.29 is 0 Å². The number of nitrogens with zero attached hydrogens (tertiary/aromatic N) is 1. The van der Waals surface area contributed by atoms with E-state index < -0.39 is 9.52 Å². The van der Waals surface area contributed by atoms with Crippen LogP contribution >= 0.6 is 0 Å². The summed E-state index contributed by atoms with van der Waals surface area (Å²) in [5, 5.41) is 13.2. The molecule has 0 N–H and O–H groups in total. The molecule has 1 heterocycles. The molecule has 41 heavy (non-hydrogen) atoms. The first-order chi connectivity index (χ1) is 20.3. The van der Waals surface area contributed by atoms with Gasteiger partial charge in [-0.1, -0.05) is 132 Å². The first-order valence-electron chi connectivity index (χ1n) is 14.2. The Bertz CT molecular complexity index is 2220. The average molecular weight is 538 g/mol. The van der Waals surface area contributed by atoms with Gasteiger partial charge in [0, 0.05) is 12.4 Å². The van der Waals surface area contributed by atoms with Crippen LogP contribution in [0.5, 0.6) is 0 Å². The Morgan fingerprint density at radius 3 is 1.78 bits per heavy atom. The van der Waals surface area contributed by atoms with E-state index in [2.05, 4.69) is 145 Å². The molecule has 0 unspecified atom stereocenters. The Morgan fingerprint density at radius 2 is 1.00 bits per heavy atom. The Morgan fingerprint density at radius 1 is 0.390 bits per heavy atom. The molecule has 0 radical (unpaired) electrons. The minimum Gasteiger partial charge on any atom is -0.265 e. The van der Waals surface area contributed by atoms with Crippen molar-refractivity contribution in [1.29, 1.82) is 0 Å². The summed E-state index contributed by atoms with van der Waals surface area (Å²) < 4.78 is 0. The third kappa shape index (κ3) is 4.04. The van der Waals surface area contributed by atoms with E-state index in [4.69, 9.17) is 0 Å². The second-order valence-corrected chi connectivity index (χ2v) is 12.8. The van der Waals surface area contributed by atoms with E-state index in [0.29, 0.717) is 0 Å².